The highest BCUT2D eigenvalue weighted by Gasteiger charge is 2.14. The van der Waals surface area contributed by atoms with E-state index in [4.69, 9.17) is 4.55 Å². The smallest absolute Gasteiger partial charge is 0.282 e. The lowest BCUT2D eigenvalue weighted by molar-refractivity contribution is 0.482. The van der Waals surface area contributed by atoms with Crippen molar-refractivity contribution in [2.75, 3.05) is 0 Å². The second kappa shape index (κ2) is 4.75. The molecule has 0 heterocycles. The first kappa shape index (κ1) is 13.4. The minimum Gasteiger partial charge on any atom is -0.282 e. The molecule has 0 aliphatic carbocycles. The highest BCUT2D eigenvalue weighted by Crippen LogP contribution is 2.29. The van der Waals surface area contributed by atoms with Crippen molar-refractivity contribution in [3.63, 3.8) is 0 Å². The third-order valence-corrected chi connectivity index (χ3v) is 4.40. The van der Waals surface area contributed by atoms with E-state index in [0.717, 1.165) is 0 Å². The molecule has 0 amide bonds. The summed E-state index contributed by atoms with van der Waals surface area (Å²) in [6.07, 6.45) is 0. The van der Waals surface area contributed by atoms with Gasteiger partial charge < -0.3 is 0 Å². The third kappa shape index (κ3) is 3.21. The predicted octanol–water partition coefficient (Wildman–Crippen LogP) is 2.88. The molecule has 0 saturated heterocycles. The van der Waals surface area contributed by atoms with Crippen LogP contribution in [0.25, 0.3) is 0 Å². The zero-order valence-electron chi connectivity index (χ0n) is 6.07. The lowest BCUT2D eigenvalue weighted by Gasteiger charge is -2.01. The maximum atomic E-state index is 10.7. The zero-order valence-corrected chi connectivity index (χ0v) is 10.9. The molecule has 0 bridgehead atoms. The summed E-state index contributed by atoms with van der Waals surface area (Å²) < 4.78 is 31.0. The van der Waals surface area contributed by atoms with Gasteiger partial charge in [0.2, 0.25) is 0 Å². The lowest BCUT2D eigenvalue weighted by Crippen LogP contribution is -1.98. The molecule has 74 valence electrons. The van der Waals surface area contributed by atoms with E-state index >= 15 is 0 Å². The van der Waals surface area contributed by atoms with Crippen LogP contribution >= 0.6 is 44.3 Å². The van der Waals surface area contributed by atoms with Crippen molar-refractivity contribution in [2.24, 2.45) is 0 Å². The molecule has 3 nitrogen and oxygen atoms in total. The van der Waals surface area contributed by atoms with Crippen LogP contribution in [0.5, 0.6) is 0 Å². The fourth-order valence-electron chi connectivity index (χ4n) is 0.683. The standard InChI is InChI=1S/C6H4Br2O3S.ClH/c7-4-2-1-3-5(6(4)8)12(9,10)11;/h1-3H,(H,9,10,11);1H. The van der Waals surface area contributed by atoms with Crippen molar-refractivity contribution >= 4 is 54.4 Å². The Morgan fingerprint density at radius 1 is 1.23 bits per heavy atom. The summed E-state index contributed by atoms with van der Waals surface area (Å²) in [6.45, 7) is 0. The Hall–Kier alpha value is 0.380. The summed E-state index contributed by atoms with van der Waals surface area (Å²) in [6, 6.07) is 4.50. The Balaban J connectivity index is 0.00000144. The monoisotopic (exact) mass is 350 g/mol. The first-order chi connectivity index (χ1) is 5.43. The third-order valence-electron chi connectivity index (χ3n) is 1.19. The fraction of sp³-hybridized carbons (Fsp3) is 0. The first-order valence-corrected chi connectivity index (χ1v) is 5.87. The molecule has 0 aliphatic rings. The highest BCUT2D eigenvalue weighted by molar-refractivity contribution is 9.13. The molecule has 0 aromatic heterocycles. The Morgan fingerprint density at radius 2 is 1.77 bits per heavy atom. The Labute approximate surface area is 98.9 Å². The van der Waals surface area contributed by atoms with Gasteiger partial charge in [-0.05, 0) is 44.0 Å². The van der Waals surface area contributed by atoms with E-state index in [2.05, 4.69) is 31.9 Å². The molecule has 0 aliphatic heterocycles. The van der Waals surface area contributed by atoms with E-state index in [0.29, 0.717) is 8.95 Å². The van der Waals surface area contributed by atoms with Gasteiger partial charge in [-0.3, -0.25) is 4.55 Å². The van der Waals surface area contributed by atoms with Crippen LogP contribution in [0, 0.1) is 0 Å². The van der Waals surface area contributed by atoms with E-state index < -0.39 is 10.1 Å². The van der Waals surface area contributed by atoms with Gasteiger partial charge in [-0.1, -0.05) is 6.07 Å². The van der Waals surface area contributed by atoms with Gasteiger partial charge in [0, 0.05) is 4.47 Å². The van der Waals surface area contributed by atoms with E-state index in [-0.39, 0.29) is 17.3 Å². The summed E-state index contributed by atoms with van der Waals surface area (Å²) in [4.78, 5) is -0.142. The molecule has 1 N–H and O–H groups in total. The molecule has 0 saturated carbocycles. The van der Waals surface area contributed by atoms with E-state index in [1.54, 1.807) is 6.07 Å². The van der Waals surface area contributed by atoms with E-state index in [1.165, 1.54) is 12.1 Å². The van der Waals surface area contributed by atoms with Gasteiger partial charge >= 0.3 is 0 Å². The van der Waals surface area contributed by atoms with Crippen LogP contribution in [-0.2, 0) is 10.1 Å². The summed E-state index contributed by atoms with van der Waals surface area (Å²) in [5.74, 6) is 0. The average molecular weight is 352 g/mol. The summed E-state index contributed by atoms with van der Waals surface area (Å²) in [7, 11) is -4.13. The van der Waals surface area contributed by atoms with Gasteiger partial charge in [0.05, 0.1) is 4.47 Å². The van der Waals surface area contributed by atoms with Crippen molar-refractivity contribution in [3.05, 3.63) is 27.1 Å². The molecular formula is C6H5Br2ClO3S. The molecule has 0 atom stereocenters. The van der Waals surface area contributed by atoms with Gasteiger partial charge in [0.1, 0.15) is 4.90 Å². The largest absolute Gasteiger partial charge is 0.295 e. The first-order valence-electron chi connectivity index (χ1n) is 2.84. The van der Waals surface area contributed by atoms with Gasteiger partial charge in [-0.2, -0.15) is 8.42 Å². The second-order valence-electron chi connectivity index (χ2n) is 2.03. The number of benzene rings is 1. The number of halogens is 3. The SMILES string of the molecule is Cl.O=S(=O)(O)c1cccc(Br)c1Br. The molecule has 1 aromatic rings. The molecule has 0 spiro atoms. The van der Waals surface area contributed by atoms with Crippen molar-refractivity contribution in [2.45, 2.75) is 4.90 Å². The van der Waals surface area contributed by atoms with Crippen molar-refractivity contribution in [3.8, 4) is 0 Å². The van der Waals surface area contributed by atoms with Crippen molar-refractivity contribution in [1.82, 2.24) is 0 Å². The van der Waals surface area contributed by atoms with Gasteiger partial charge in [0.25, 0.3) is 10.1 Å². The Bertz CT molecular complexity index is 404. The van der Waals surface area contributed by atoms with Crippen LogP contribution in [0.15, 0.2) is 32.0 Å². The van der Waals surface area contributed by atoms with Crippen LogP contribution in [0.4, 0.5) is 0 Å². The number of rotatable bonds is 1. The Morgan fingerprint density at radius 3 is 2.15 bits per heavy atom. The molecule has 0 unspecified atom stereocenters. The molecule has 0 radical (unpaired) electrons. The van der Waals surface area contributed by atoms with E-state index in [9.17, 15) is 8.42 Å². The lowest BCUT2D eigenvalue weighted by atomic mass is 10.4. The van der Waals surface area contributed by atoms with Gasteiger partial charge in [-0.15, -0.1) is 12.4 Å². The van der Waals surface area contributed by atoms with Crippen molar-refractivity contribution < 1.29 is 13.0 Å². The van der Waals surface area contributed by atoms with Crippen LogP contribution in [0.2, 0.25) is 0 Å². The Kier molecular flexibility index (Phi) is 4.88. The highest BCUT2D eigenvalue weighted by atomic mass is 79.9. The maximum absolute atomic E-state index is 10.7. The molecule has 0 fully saturated rings. The fourth-order valence-corrected chi connectivity index (χ4v) is 2.65. The molecule has 1 aromatic carbocycles. The molecule has 13 heavy (non-hydrogen) atoms. The minimum atomic E-state index is -4.13. The maximum Gasteiger partial charge on any atom is 0.295 e. The number of hydrogen-bond acceptors (Lipinski definition) is 2. The van der Waals surface area contributed by atoms with Gasteiger partial charge in [-0.25, -0.2) is 0 Å². The summed E-state index contributed by atoms with van der Waals surface area (Å²) in [5.41, 5.74) is 0. The quantitative estimate of drug-likeness (QED) is 0.791. The van der Waals surface area contributed by atoms with Gasteiger partial charge in [0.15, 0.2) is 0 Å². The van der Waals surface area contributed by atoms with Crippen molar-refractivity contribution in [1.29, 1.82) is 0 Å². The molecular weight excluding hydrogens is 347 g/mol. The zero-order chi connectivity index (χ0) is 9.35. The van der Waals surface area contributed by atoms with E-state index in [1.807, 2.05) is 0 Å². The minimum absolute atomic E-state index is 0. The van der Waals surface area contributed by atoms with Crippen LogP contribution in [-0.4, -0.2) is 13.0 Å². The predicted molar refractivity (Wildman–Crippen MR) is 58.9 cm³/mol. The topological polar surface area (TPSA) is 54.4 Å². The molecule has 1 rings (SSSR count). The normalized spacial score (nSPS) is 10.7. The van der Waals surface area contributed by atoms with Crippen LogP contribution in [0.1, 0.15) is 0 Å². The summed E-state index contributed by atoms with van der Waals surface area (Å²) in [5, 5.41) is 0. The second-order valence-corrected chi connectivity index (χ2v) is 5.06. The average Bonchev–Trinajstić information content (AvgIpc) is 1.92. The summed E-state index contributed by atoms with van der Waals surface area (Å²) >= 11 is 6.15. The van der Waals surface area contributed by atoms with Crippen LogP contribution in [0.3, 0.4) is 0 Å². The van der Waals surface area contributed by atoms with Crippen LogP contribution < -0.4 is 0 Å². The number of hydrogen-bond donors (Lipinski definition) is 1. The molecule has 7 heteroatoms.